The van der Waals surface area contributed by atoms with Crippen LogP contribution in [0.2, 0.25) is 0 Å². The summed E-state index contributed by atoms with van der Waals surface area (Å²) in [6.07, 6.45) is -5.14. The number of nitrogens with zero attached hydrogens (tertiary/aromatic N) is 3. The van der Waals surface area contributed by atoms with Crippen molar-refractivity contribution in [1.29, 1.82) is 0 Å². The number of nitrogens with one attached hydrogen (secondary N) is 1. The van der Waals surface area contributed by atoms with Gasteiger partial charge in [0.1, 0.15) is 17.5 Å². The van der Waals surface area contributed by atoms with Crippen molar-refractivity contribution in [3.63, 3.8) is 0 Å². The van der Waals surface area contributed by atoms with Gasteiger partial charge in [-0.25, -0.2) is 13.9 Å². The third-order valence-electron chi connectivity index (χ3n) is 3.86. The second-order valence-electron chi connectivity index (χ2n) is 5.82. The predicted molar refractivity (Wildman–Crippen MR) is 84.8 cm³/mol. The first-order valence-electron chi connectivity index (χ1n) is 7.80. The third kappa shape index (κ3) is 3.86. The van der Waals surface area contributed by atoms with Gasteiger partial charge in [-0.15, -0.1) is 0 Å². The quantitative estimate of drug-likeness (QED) is 0.820. The molecule has 1 aliphatic rings. The van der Waals surface area contributed by atoms with Crippen molar-refractivity contribution in [2.24, 2.45) is 0 Å². The number of anilines is 1. The highest BCUT2D eigenvalue weighted by atomic mass is 19.4. The summed E-state index contributed by atoms with van der Waals surface area (Å²) in [4.78, 5) is 24.0. The maximum atomic E-state index is 14.4. The highest BCUT2D eigenvalue weighted by molar-refractivity contribution is 5.90. The van der Waals surface area contributed by atoms with Crippen molar-refractivity contribution in [2.75, 3.05) is 18.0 Å². The Bertz CT molecular complexity index is 881. The molecule has 0 aliphatic carbocycles. The molecular formula is C16H14F4N4O3. The third-order valence-corrected chi connectivity index (χ3v) is 3.86. The Morgan fingerprint density at radius 3 is 2.74 bits per heavy atom. The number of carbonyl (C=O) groups is 2. The van der Waals surface area contributed by atoms with E-state index < -0.39 is 35.6 Å². The number of benzene rings is 1. The zero-order chi connectivity index (χ0) is 19.8. The van der Waals surface area contributed by atoms with Crippen LogP contribution in [0.1, 0.15) is 12.6 Å². The Labute approximate surface area is 150 Å². The molecule has 1 aromatic heterocycles. The molecule has 144 valence electrons. The molecule has 2 aromatic rings. The molecule has 2 heterocycles. The van der Waals surface area contributed by atoms with Crippen molar-refractivity contribution in [3.05, 3.63) is 42.0 Å². The molecule has 0 saturated carbocycles. The molecule has 1 N–H and O–H groups in total. The Hall–Kier alpha value is -3.11. The van der Waals surface area contributed by atoms with Crippen LogP contribution in [0.15, 0.2) is 30.5 Å². The van der Waals surface area contributed by atoms with E-state index in [-0.39, 0.29) is 24.7 Å². The van der Waals surface area contributed by atoms with Gasteiger partial charge in [-0.05, 0) is 24.3 Å². The summed E-state index contributed by atoms with van der Waals surface area (Å²) < 4.78 is 58.9. The molecule has 0 bridgehead atoms. The van der Waals surface area contributed by atoms with Crippen molar-refractivity contribution in [1.82, 2.24) is 15.1 Å². The zero-order valence-corrected chi connectivity index (χ0v) is 14.0. The fraction of sp³-hybridized carbons (Fsp3) is 0.312. The second-order valence-corrected chi connectivity index (χ2v) is 5.82. The smallest absolute Gasteiger partial charge is 0.433 e. The molecule has 7 nitrogen and oxygen atoms in total. The minimum absolute atomic E-state index is 0.0630. The summed E-state index contributed by atoms with van der Waals surface area (Å²) in [5.41, 5.74) is -1.41. The van der Waals surface area contributed by atoms with Crippen LogP contribution in [0.25, 0.3) is 5.69 Å². The number of alkyl halides is 3. The molecule has 1 aromatic carbocycles. The van der Waals surface area contributed by atoms with Crippen molar-refractivity contribution >= 4 is 17.7 Å². The number of hydrogen-bond donors (Lipinski definition) is 1. The summed E-state index contributed by atoms with van der Waals surface area (Å²) in [7, 11) is 0. The van der Waals surface area contributed by atoms with Gasteiger partial charge in [0.15, 0.2) is 5.82 Å². The molecule has 11 heteroatoms. The number of hydrogen-bond acceptors (Lipinski definition) is 4. The number of halogens is 4. The average Bonchev–Trinajstić information content (AvgIpc) is 3.19. The van der Waals surface area contributed by atoms with Gasteiger partial charge in [-0.3, -0.25) is 9.69 Å². The van der Waals surface area contributed by atoms with E-state index in [0.717, 1.165) is 29.3 Å². The molecule has 0 unspecified atom stereocenters. The summed E-state index contributed by atoms with van der Waals surface area (Å²) >= 11 is 0. The summed E-state index contributed by atoms with van der Waals surface area (Å²) in [6, 6.07) is 4.06. The predicted octanol–water partition coefficient (Wildman–Crippen LogP) is 2.49. The molecule has 2 amide bonds. The zero-order valence-electron chi connectivity index (χ0n) is 14.0. The van der Waals surface area contributed by atoms with E-state index in [9.17, 15) is 27.2 Å². The van der Waals surface area contributed by atoms with Gasteiger partial charge in [-0.2, -0.15) is 18.3 Å². The van der Waals surface area contributed by atoms with Gasteiger partial charge in [0.2, 0.25) is 5.91 Å². The molecule has 1 aliphatic heterocycles. The monoisotopic (exact) mass is 386 g/mol. The first-order chi connectivity index (χ1) is 12.7. The van der Waals surface area contributed by atoms with E-state index in [1.165, 1.54) is 13.0 Å². The highest BCUT2D eigenvalue weighted by Crippen LogP contribution is 2.32. The first-order valence-corrected chi connectivity index (χ1v) is 7.80. The Morgan fingerprint density at radius 2 is 2.11 bits per heavy atom. The minimum atomic E-state index is -4.70. The van der Waals surface area contributed by atoms with E-state index in [0.29, 0.717) is 4.68 Å². The van der Waals surface area contributed by atoms with Crippen molar-refractivity contribution < 1.29 is 31.9 Å². The topological polar surface area (TPSA) is 76.5 Å². The van der Waals surface area contributed by atoms with E-state index >= 15 is 0 Å². The van der Waals surface area contributed by atoms with E-state index in [1.807, 2.05) is 0 Å². The van der Waals surface area contributed by atoms with Crippen LogP contribution < -0.4 is 10.2 Å². The Kier molecular flexibility index (Phi) is 4.77. The first kappa shape index (κ1) is 18.7. The van der Waals surface area contributed by atoms with Crippen molar-refractivity contribution in [3.8, 4) is 5.69 Å². The summed E-state index contributed by atoms with van der Waals surface area (Å²) in [5.74, 6) is -1.28. The molecule has 1 saturated heterocycles. The average molecular weight is 386 g/mol. The Morgan fingerprint density at radius 1 is 1.37 bits per heavy atom. The fourth-order valence-corrected chi connectivity index (χ4v) is 2.64. The molecule has 0 spiro atoms. The van der Waals surface area contributed by atoms with E-state index in [1.54, 1.807) is 0 Å². The molecule has 27 heavy (non-hydrogen) atoms. The lowest BCUT2D eigenvalue weighted by molar-refractivity contribution is -0.142. The number of ether oxygens (including phenoxy) is 1. The van der Waals surface area contributed by atoms with Gasteiger partial charge in [-0.1, -0.05) is 0 Å². The van der Waals surface area contributed by atoms with E-state index in [4.69, 9.17) is 4.74 Å². The second kappa shape index (κ2) is 6.89. The number of carbonyl (C=O) groups excluding carboxylic acids is 2. The minimum Gasteiger partial charge on any atom is -0.442 e. The summed E-state index contributed by atoms with van der Waals surface area (Å²) in [6.45, 7) is 1.47. The fourth-order valence-electron chi connectivity index (χ4n) is 2.64. The summed E-state index contributed by atoms with van der Waals surface area (Å²) in [5, 5.41) is 6.02. The van der Waals surface area contributed by atoms with Crippen molar-refractivity contribution in [2.45, 2.75) is 19.2 Å². The van der Waals surface area contributed by atoms with Gasteiger partial charge < -0.3 is 10.1 Å². The van der Waals surface area contributed by atoms with Gasteiger partial charge >= 0.3 is 12.3 Å². The van der Waals surface area contributed by atoms with Crippen LogP contribution in [0.5, 0.6) is 0 Å². The van der Waals surface area contributed by atoms with Gasteiger partial charge in [0.25, 0.3) is 0 Å². The van der Waals surface area contributed by atoms with Crippen LogP contribution in [-0.4, -0.2) is 41.0 Å². The number of rotatable bonds is 4. The number of aromatic nitrogens is 2. The SMILES string of the molecule is CC(=O)NC[C@H]1CN(c2ccc(-n3nccc3C(F)(F)F)c(F)c2)C(=O)O1. The standard InChI is InChI=1S/C16H14F4N4O3/c1-9(25)21-7-11-8-23(15(26)27-11)10-2-3-13(12(17)6-10)24-14(4-5-22-24)16(18,19)20/h2-6,11H,7-8H2,1H3,(H,21,25)/t11-/m0/s1. The van der Waals surface area contributed by atoms with Gasteiger partial charge in [0.05, 0.1) is 25.0 Å². The normalized spacial score (nSPS) is 17.1. The lowest BCUT2D eigenvalue weighted by Crippen LogP contribution is -2.33. The van der Waals surface area contributed by atoms with E-state index in [2.05, 4.69) is 10.4 Å². The molecule has 1 atom stereocenters. The number of cyclic esters (lactones) is 1. The molecule has 0 radical (unpaired) electrons. The lowest BCUT2D eigenvalue weighted by atomic mass is 10.2. The lowest BCUT2D eigenvalue weighted by Gasteiger charge is -2.15. The maximum absolute atomic E-state index is 14.4. The maximum Gasteiger partial charge on any atom is 0.433 e. The van der Waals surface area contributed by atoms with Crippen LogP contribution in [0.4, 0.5) is 28.0 Å². The van der Waals surface area contributed by atoms with Crippen LogP contribution in [0.3, 0.4) is 0 Å². The van der Waals surface area contributed by atoms with Gasteiger partial charge in [0, 0.05) is 6.92 Å². The Balaban J connectivity index is 1.83. The molecular weight excluding hydrogens is 372 g/mol. The number of amides is 2. The van der Waals surface area contributed by atoms with Crippen LogP contribution in [-0.2, 0) is 15.7 Å². The van der Waals surface area contributed by atoms with Crippen LogP contribution >= 0.6 is 0 Å². The highest BCUT2D eigenvalue weighted by Gasteiger charge is 2.36. The molecule has 1 fully saturated rings. The molecule has 3 rings (SSSR count). The van der Waals surface area contributed by atoms with Crippen LogP contribution in [0, 0.1) is 5.82 Å². The largest absolute Gasteiger partial charge is 0.442 e.